The van der Waals surface area contributed by atoms with Gasteiger partial charge < -0.3 is 31.9 Å². The molecule has 1 aromatic carbocycles. The summed E-state index contributed by atoms with van der Waals surface area (Å²) in [6.45, 7) is 5.00. The summed E-state index contributed by atoms with van der Waals surface area (Å²) >= 11 is 0. The first-order valence-corrected chi connectivity index (χ1v) is 11.4. The number of hydrogen-bond acceptors (Lipinski definition) is 7. The molecular weight excluding hydrogens is 455 g/mol. The van der Waals surface area contributed by atoms with Crippen LogP contribution < -0.4 is 27.0 Å². The second-order valence-corrected chi connectivity index (χ2v) is 8.75. The molecule has 1 saturated heterocycles. The molecule has 11 nitrogen and oxygen atoms in total. The number of rotatable bonds is 10. The Morgan fingerprint density at radius 2 is 1.86 bits per heavy atom. The van der Waals surface area contributed by atoms with Crippen LogP contribution in [0.5, 0.6) is 0 Å². The maximum Gasteiger partial charge on any atom is 0.321 e. The minimum absolute atomic E-state index is 0.00443. The van der Waals surface area contributed by atoms with Crippen molar-refractivity contribution in [2.75, 3.05) is 42.1 Å². The van der Waals surface area contributed by atoms with Gasteiger partial charge >= 0.3 is 6.03 Å². The van der Waals surface area contributed by atoms with E-state index in [9.17, 15) is 18.8 Å². The number of aromatic nitrogens is 2. The summed E-state index contributed by atoms with van der Waals surface area (Å²) in [7, 11) is 0. The first kappa shape index (κ1) is 25.7. The fourth-order valence-corrected chi connectivity index (χ4v) is 3.31. The Labute approximate surface area is 203 Å². The lowest BCUT2D eigenvalue weighted by molar-refractivity contribution is -0.139. The van der Waals surface area contributed by atoms with E-state index in [0.717, 1.165) is 32.1 Å². The molecule has 0 spiro atoms. The number of benzene rings is 1. The molecule has 12 heteroatoms. The Morgan fingerprint density at radius 3 is 2.57 bits per heavy atom. The van der Waals surface area contributed by atoms with Crippen molar-refractivity contribution in [2.24, 2.45) is 11.1 Å². The summed E-state index contributed by atoms with van der Waals surface area (Å²) < 4.78 is 14.2. The van der Waals surface area contributed by atoms with Gasteiger partial charge in [-0.3, -0.25) is 9.59 Å². The quantitative estimate of drug-likeness (QED) is 0.255. The third kappa shape index (κ3) is 7.01. The predicted molar refractivity (Wildman–Crippen MR) is 131 cm³/mol. The molecule has 35 heavy (non-hydrogen) atoms. The smallest absolute Gasteiger partial charge is 0.321 e. The molecule has 1 aliphatic heterocycles. The second-order valence-electron chi connectivity index (χ2n) is 8.75. The number of hydrogen-bond donors (Lipinski definition) is 5. The van der Waals surface area contributed by atoms with Crippen LogP contribution in [0.2, 0.25) is 0 Å². The number of primary amides is 1. The van der Waals surface area contributed by atoms with E-state index in [2.05, 4.69) is 31.2 Å². The average Bonchev–Trinajstić information content (AvgIpc) is 3.36. The molecule has 3 rings (SSSR count). The van der Waals surface area contributed by atoms with Gasteiger partial charge in [-0.25, -0.2) is 14.2 Å². The highest BCUT2D eigenvalue weighted by atomic mass is 19.1. The molecule has 0 bridgehead atoms. The number of halogens is 1. The third-order valence-corrected chi connectivity index (χ3v) is 5.62. The molecule has 1 aromatic heterocycles. The standard InChI is InChI=1S/C23H31FN8O3/c1-23(2,19(25)33)20(34)27-10-6-9-26-18-17(24)14-28-21(31-18)29-15-7-5-8-16(13-15)30-22(35)32-11-3-4-12-32/h5,7-8,13-14H,3-4,6,9-12H2,1-2H3,(H2,25,33)(H,27,34)(H,30,35)(H2,26,28,29,31). The molecule has 188 valence electrons. The van der Waals surface area contributed by atoms with Crippen LogP contribution in [0.3, 0.4) is 0 Å². The summed E-state index contributed by atoms with van der Waals surface area (Å²) in [5.41, 5.74) is 5.17. The maximum absolute atomic E-state index is 14.2. The maximum atomic E-state index is 14.2. The SMILES string of the molecule is CC(C)(C(N)=O)C(=O)NCCCNc1nc(Nc2cccc(NC(=O)N3CCCC3)c2)ncc1F. The van der Waals surface area contributed by atoms with Gasteiger partial charge in [-0.1, -0.05) is 6.07 Å². The molecule has 6 N–H and O–H groups in total. The lowest BCUT2D eigenvalue weighted by Crippen LogP contribution is -2.46. The Kier molecular flexibility index (Phi) is 8.39. The Bertz CT molecular complexity index is 1070. The minimum Gasteiger partial charge on any atom is -0.369 e. The van der Waals surface area contributed by atoms with Gasteiger partial charge in [0.15, 0.2) is 11.6 Å². The molecule has 1 aliphatic rings. The number of carbonyl (C=O) groups is 3. The number of nitrogens with two attached hydrogens (primary N) is 1. The molecule has 0 radical (unpaired) electrons. The third-order valence-electron chi connectivity index (χ3n) is 5.62. The van der Waals surface area contributed by atoms with Crippen LogP contribution in [0.25, 0.3) is 0 Å². The van der Waals surface area contributed by atoms with Crippen LogP contribution in [0.4, 0.5) is 32.3 Å². The van der Waals surface area contributed by atoms with E-state index in [4.69, 9.17) is 5.73 Å². The number of nitrogens with zero attached hydrogens (tertiary/aromatic N) is 3. The summed E-state index contributed by atoms with van der Waals surface area (Å²) in [5, 5.41) is 11.4. The molecule has 2 aromatic rings. The van der Waals surface area contributed by atoms with Crippen LogP contribution >= 0.6 is 0 Å². The van der Waals surface area contributed by atoms with E-state index in [1.54, 1.807) is 29.2 Å². The minimum atomic E-state index is -1.30. The largest absolute Gasteiger partial charge is 0.369 e. The fraction of sp³-hybridized carbons (Fsp3) is 0.435. The van der Waals surface area contributed by atoms with Crippen molar-refractivity contribution in [3.8, 4) is 0 Å². The van der Waals surface area contributed by atoms with Crippen LogP contribution in [0.1, 0.15) is 33.1 Å². The van der Waals surface area contributed by atoms with Crippen LogP contribution in [0.15, 0.2) is 30.5 Å². The monoisotopic (exact) mass is 486 g/mol. The van der Waals surface area contributed by atoms with Crippen LogP contribution in [0, 0.1) is 11.2 Å². The Hall–Kier alpha value is -3.96. The summed E-state index contributed by atoms with van der Waals surface area (Å²) in [6.07, 6.45) is 3.53. The lowest BCUT2D eigenvalue weighted by atomic mass is 9.91. The number of likely N-dealkylation sites (tertiary alicyclic amines) is 1. The first-order chi connectivity index (χ1) is 16.7. The van der Waals surface area contributed by atoms with Gasteiger partial charge in [0.1, 0.15) is 5.41 Å². The van der Waals surface area contributed by atoms with Crippen molar-refractivity contribution < 1.29 is 18.8 Å². The van der Waals surface area contributed by atoms with E-state index in [1.807, 2.05) is 0 Å². The molecule has 0 atom stereocenters. The molecule has 1 fully saturated rings. The highest BCUT2D eigenvalue weighted by molar-refractivity contribution is 6.03. The molecule has 4 amide bonds. The van der Waals surface area contributed by atoms with E-state index in [1.165, 1.54) is 13.8 Å². The van der Waals surface area contributed by atoms with Crippen LogP contribution in [-0.2, 0) is 9.59 Å². The molecular formula is C23H31FN8O3. The Morgan fingerprint density at radius 1 is 1.14 bits per heavy atom. The number of nitrogens with one attached hydrogen (secondary N) is 4. The van der Waals surface area contributed by atoms with E-state index >= 15 is 0 Å². The van der Waals surface area contributed by atoms with E-state index in [0.29, 0.717) is 24.3 Å². The van der Waals surface area contributed by atoms with Gasteiger partial charge in [-0.15, -0.1) is 0 Å². The van der Waals surface area contributed by atoms with Gasteiger partial charge in [-0.05, 0) is 51.3 Å². The number of amides is 4. The van der Waals surface area contributed by atoms with Crippen molar-refractivity contribution >= 4 is 41.0 Å². The molecule has 2 heterocycles. The van der Waals surface area contributed by atoms with Crippen molar-refractivity contribution in [3.63, 3.8) is 0 Å². The van der Waals surface area contributed by atoms with Crippen molar-refractivity contribution in [1.29, 1.82) is 0 Å². The second kappa shape index (κ2) is 11.4. The van der Waals surface area contributed by atoms with E-state index < -0.39 is 23.0 Å². The van der Waals surface area contributed by atoms with Crippen LogP contribution in [-0.4, -0.2) is 58.9 Å². The number of urea groups is 1. The zero-order valence-electron chi connectivity index (χ0n) is 19.9. The lowest BCUT2D eigenvalue weighted by Gasteiger charge is -2.19. The zero-order valence-corrected chi connectivity index (χ0v) is 19.9. The van der Waals surface area contributed by atoms with Crippen molar-refractivity contribution in [2.45, 2.75) is 33.1 Å². The summed E-state index contributed by atoms with van der Waals surface area (Å²) in [5.74, 6) is -1.63. The number of carbonyl (C=O) groups excluding carboxylic acids is 3. The average molecular weight is 487 g/mol. The predicted octanol–water partition coefficient (Wildman–Crippen LogP) is 2.42. The molecule has 0 unspecified atom stereocenters. The van der Waals surface area contributed by atoms with Crippen molar-refractivity contribution in [1.82, 2.24) is 20.2 Å². The zero-order chi connectivity index (χ0) is 25.4. The highest BCUT2D eigenvalue weighted by Gasteiger charge is 2.33. The Balaban J connectivity index is 1.51. The molecule has 0 saturated carbocycles. The van der Waals surface area contributed by atoms with Gasteiger partial charge in [0, 0.05) is 37.6 Å². The van der Waals surface area contributed by atoms with Gasteiger partial charge in [0.2, 0.25) is 17.8 Å². The first-order valence-electron chi connectivity index (χ1n) is 11.4. The van der Waals surface area contributed by atoms with Gasteiger partial charge in [0.05, 0.1) is 6.20 Å². The number of anilines is 4. The molecule has 0 aliphatic carbocycles. The summed E-state index contributed by atoms with van der Waals surface area (Å²) in [4.78, 5) is 45.5. The summed E-state index contributed by atoms with van der Waals surface area (Å²) in [6, 6.07) is 6.93. The fourth-order valence-electron chi connectivity index (χ4n) is 3.31. The highest BCUT2D eigenvalue weighted by Crippen LogP contribution is 2.21. The topological polar surface area (TPSA) is 154 Å². The van der Waals surface area contributed by atoms with Gasteiger partial charge in [0.25, 0.3) is 0 Å². The normalized spacial score (nSPS) is 13.3. The van der Waals surface area contributed by atoms with E-state index in [-0.39, 0.29) is 24.3 Å². The van der Waals surface area contributed by atoms with Gasteiger partial charge in [-0.2, -0.15) is 4.98 Å². The van der Waals surface area contributed by atoms with Crippen molar-refractivity contribution in [3.05, 3.63) is 36.3 Å².